The zero-order chi connectivity index (χ0) is 14.6. The van der Waals surface area contributed by atoms with Gasteiger partial charge in [-0.2, -0.15) is 0 Å². The zero-order valence-electron chi connectivity index (χ0n) is 12.5. The van der Waals surface area contributed by atoms with Crippen molar-refractivity contribution < 1.29 is 19.3 Å². The second-order valence-corrected chi connectivity index (χ2v) is 5.35. The van der Waals surface area contributed by atoms with Gasteiger partial charge in [-0.3, -0.25) is 0 Å². The van der Waals surface area contributed by atoms with Gasteiger partial charge in [0.25, 0.3) is 0 Å². The first-order chi connectivity index (χ1) is 9.66. The molecule has 0 bridgehead atoms. The summed E-state index contributed by atoms with van der Waals surface area (Å²) in [5, 5.41) is 10.8. The van der Waals surface area contributed by atoms with E-state index in [0.29, 0.717) is 11.5 Å². The summed E-state index contributed by atoms with van der Waals surface area (Å²) >= 11 is 0. The minimum atomic E-state index is -0.646. The lowest BCUT2D eigenvalue weighted by atomic mass is 9.78. The Labute approximate surface area is 120 Å². The van der Waals surface area contributed by atoms with Crippen LogP contribution in [0, 0.1) is 0 Å². The molecular weight excluding hydrogens is 256 g/mol. The molecule has 0 amide bonds. The highest BCUT2D eigenvalue weighted by Crippen LogP contribution is 2.42. The molecule has 2 rings (SSSR count). The van der Waals surface area contributed by atoms with Crippen LogP contribution in [0.3, 0.4) is 0 Å². The van der Waals surface area contributed by atoms with Crippen LogP contribution in [0.25, 0.3) is 0 Å². The molecule has 0 aromatic heterocycles. The van der Waals surface area contributed by atoms with E-state index in [0.717, 1.165) is 31.2 Å². The van der Waals surface area contributed by atoms with E-state index in [1.165, 1.54) is 6.42 Å². The SMILES string of the molecule is COc1ccc(C(O)C2(OC)CCCCC2)cc1OC. The van der Waals surface area contributed by atoms with Gasteiger partial charge in [0.1, 0.15) is 6.10 Å². The molecule has 1 atom stereocenters. The van der Waals surface area contributed by atoms with Gasteiger partial charge in [-0.05, 0) is 30.5 Å². The molecular formula is C16H24O4. The lowest BCUT2D eigenvalue weighted by Crippen LogP contribution is -2.40. The van der Waals surface area contributed by atoms with Crippen molar-refractivity contribution in [2.24, 2.45) is 0 Å². The van der Waals surface area contributed by atoms with Crippen molar-refractivity contribution in [3.8, 4) is 11.5 Å². The molecule has 4 nitrogen and oxygen atoms in total. The lowest BCUT2D eigenvalue weighted by molar-refractivity contribution is -0.125. The normalized spacial score (nSPS) is 19.4. The molecule has 112 valence electrons. The van der Waals surface area contributed by atoms with Crippen LogP contribution in [0.15, 0.2) is 18.2 Å². The van der Waals surface area contributed by atoms with Gasteiger partial charge in [-0.25, -0.2) is 0 Å². The van der Waals surface area contributed by atoms with Crippen LogP contribution in [0.4, 0.5) is 0 Å². The minimum Gasteiger partial charge on any atom is -0.493 e. The summed E-state index contributed by atoms with van der Waals surface area (Å²) in [7, 11) is 4.89. The van der Waals surface area contributed by atoms with Crippen molar-refractivity contribution in [1.29, 1.82) is 0 Å². The Morgan fingerprint density at radius 3 is 2.20 bits per heavy atom. The van der Waals surface area contributed by atoms with Crippen molar-refractivity contribution in [3.63, 3.8) is 0 Å². The standard InChI is InChI=1S/C16H24O4/c1-18-13-8-7-12(11-14(13)19-2)15(17)16(20-3)9-5-4-6-10-16/h7-8,11,15,17H,4-6,9-10H2,1-3H3. The van der Waals surface area contributed by atoms with E-state index < -0.39 is 11.7 Å². The van der Waals surface area contributed by atoms with E-state index in [1.807, 2.05) is 18.2 Å². The van der Waals surface area contributed by atoms with Crippen LogP contribution in [0.2, 0.25) is 0 Å². The van der Waals surface area contributed by atoms with E-state index in [9.17, 15) is 5.11 Å². The summed E-state index contributed by atoms with van der Waals surface area (Å²) in [6.07, 6.45) is 4.53. The monoisotopic (exact) mass is 280 g/mol. The molecule has 0 aliphatic heterocycles. The van der Waals surface area contributed by atoms with Gasteiger partial charge in [0, 0.05) is 7.11 Å². The fourth-order valence-corrected chi connectivity index (χ4v) is 3.07. The molecule has 0 heterocycles. The third kappa shape index (κ3) is 2.76. The molecule has 20 heavy (non-hydrogen) atoms. The van der Waals surface area contributed by atoms with Gasteiger partial charge < -0.3 is 19.3 Å². The number of hydrogen-bond acceptors (Lipinski definition) is 4. The van der Waals surface area contributed by atoms with E-state index in [1.54, 1.807) is 21.3 Å². The largest absolute Gasteiger partial charge is 0.493 e. The number of rotatable bonds is 5. The Morgan fingerprint density at radius 1 is 1.00 bits per heavy atom. The number of benzene rings is 1. The summed E-state index contributed by atoms with van der Waals surface area (Å²) < 4.78 is 16.2. The van der Waals surface area contributed by atoms with Crippen molar-refractivity contribution in [3.05, 3.63) is 23.8 Å². The molecule has 1 N–H and O–H groups in total. The first kappa shape index (κ1) is 15.1. The summed E-state index contributed by atoms with van der Waals surface area (Å²) in [6.45, 7) is 0. The average molecular weight is 280 g/mol. The van der Waals surface area contributed by atoms with Crippen LogP contribution in [-0.2, 0) is 4.74 Å². The molecule has 1 aliphatic rings. The molecule has 4 heteroatoms. The fraction of sp³-hybridized carbons (Fsp3) is 0.625. The van der Waals surface area contributed by atoms with Crippen LogP contribution < -0.4 is 9.47 Å². The molecule has 0 radical (unpaired) electrons. The van der Waals surface area contributed by atoms with Crippen molar-refractivity contribution in [2.45, 2.75) is 43.8 Å². The summed E-state index contributed by atoms with van der Waals surface area (Å²) in [5.41, 5.74) is 0.337. The minimum absolute atomic E-state index is 0.474. The molecule has 0 spiro atoms. The quantitative estimate of drug-likeness (QED) is 0.900. The highest BCUT2D eigenvalue weighted by atomic mass is 16.5. The Kier molecular flexibility index (Phi) is 4.89. The number of ether oxygens (including phenoxy) is 3. The predicted octanol–water partition coefficient (Wildman–Crippen LogP) is 3.09. The Bertz CT molecular complexity index is 438. The lowest BCUT2D eigenvalue weighted by Gasteiger charge is -2.40. The molecule has 1 aliphatic carbocycles. The van der Waals surface area contributed by atoms with E-state index in [2.05, 4.69) is 0 Å². The highest BCUT2D eigenvalue weighted by Gasteiger charge is 2.40. The molecule has 1 saturated carbocycles. The van der Waals surface area contributed by atoms with Crippen LogP contribution in [-0.4, -0.2) is 32.0 Å². The van der Waals surface area contributed by atoms with E-state index in [4.69, 9.17) is 14.2 Å². The topological polar surface area (TPSA) is 47.9 Å². The second-order valence-electron chi connectivity index (χ2n) is 5.35. The number of aliphatic hydroxyl groups is 1. The Hall–Kier alpha value is -1.26. The van der Waals surface area contributed by atoms with Crippen LogP contribution >= 0.6 is 0 Å². The van der Waals surface area contributed by atoms with Crippen LogP contribution in [0.5, 0.6) is 11.5 Å². The van der Waals surface area contributed by atoms with Crippen molar-refractivity contribution >= 4 is 0 Å². The number of methoxy groups -OCH3 is 3. The maximum Gasteiger partial charge on any atom is 0.161 e. The average Bonchev–Trinajstić information content (AvgIpc) is 2.54. The molecule has 1 aromatic carbocycles. The van der Waals surface area contributed by atoms with Gasteiger partial charge in [0.15, 0.2) is 11.5 Å². The van der Waals surface area contributed by atoms with Gasteiger partial charge in [-0.1, -0.05) is 25.3 Å². The highest BCUT2D eigenvalue weighted by molar-refractivity contribution is 5.44. The van der Waals surface area contributed by atoms with Gasteiger partial charge in [-0.15, -0.1) is 0 Å². The van der Waals surface area contributed by atoms with Gasteiger partial charge in [0.2, 0.25) is 0 Å². The first-order valence-electron chi connectivity index (χ1n) is 7.12. The fourth-order valence-electron chi connectivity index (χ4n) is 3.07. The second kappa shape index (κ2) is 6.46. The Morgan fingerprint density at radius 2 is 1.65 bits per heavy atom. The first-order valence-corrected chi connectivity index (χ1v) is 7.12. The molecule has 1 unspecified atom stereocenters. The smallest absolute Gasteiger partial charge is 0.161 e. The van der Waals surface area contributed by atoms with Gasteiger partial charge >= 0.3 is 0 Å². The predicted molar refractivity (Wildman–Crippen MR) is 77.3 cm³/mol. The zero-order valence-corrected chi connectivity index (χ0v) is 12.5. The molecule has 1 aromatic rings. The van der Waals surface area contributed by atoms with Crippen molar-refractivity contribution in [1.82, 2.24) is 0 Å². The Balaban J connectivity index is 2.29. The van der Waals surface area contributed by atoms with E-state index in [-0.39, 0.29) is 0 Å². The summed E-state index contributed by atoms with van der Waals surface area (Å²) in [4.78, 5) is 0. The number of hydrogen-bond donors (Lipinski definition) is 1. The third-order valence-corrected chi connectivity index (χ3v) is 4.33. The molecule has 0 saturated heterocycles. The van der Waals surface area contributed by atoms with Gasteiger partial charge in [0.05, 0.1) is 19.8 Å². The molecule has 1 fully saturated rings. The maximum atomic E-state index is 10.8. The number of aliphatic hydroxyl groups excluding tert-OH is 1. The maximum absolute atomic E-state index is 10.8. The summed E-state index contributed by atoms with van der Waals surface area (Å²) in [6, 6.07) is 5.53. The third-order valence-electron chi connectivity index (χ3n) is 4.33. The van der Waals surface area contributed by atoms with E-state index >= 15 is 0 Å². The van der Waals surface area contributed by atoms with Crippen molar-refractivity contribution in [2.75, 3.05) is 21.3 Å². The summed E-state index contributed by atoms with van der Waals surface area (Å²) in [5.74, 6) is 1.30. The van der Waals surface area contributed by atoms with Crippen LogP contribution in [0.1, 0.15) is 43.8 Å².